The number of hydrogen-bond acceptors (Lipinski definition) is 0. The Bertz CT molecular complexity index is 6.00. The first-order chi connectivity index (χ1) is 2.00. The first-order valence-electron chi connectivity index (χ1n) is 1.38. The van der Waals surface area contributed by atoms with Gasteiger partial charge in [0.2, 0.25) is 0 Å². The van der Waals surface area contributed by atoms with Crippen LogP contribution in [0, 0.1) is 0 Å². The Morgan fingerprint density at radius 3 is 1.25 bits per heavy atom. The van der Waals surface area contributed by atoms with Gasteiger partial charge in [0.15, 0.2) is 0 Å². The molecule has 0 saturated carbocycles. The maximum Gasteiger partial charge on any atom is 0.109 e. The molecule has 0 N–H and O–H groups in total. The molecular weight excluding hydrogens is 104 g/mol. The molecule has 0 spiro atoms. The second-order valence-corrected chi connectivity index (χ2v) is 0. The van der Waals surface area contributed by atoms with E-state index < -0.39 is 0 Å². The first kappa shape index (κ1) is 8.83. The van der Waals surface area contributed by atoms with Crippen molar-refractivity contribution in [3.63, 3.8) is 0 Å². The molecule has 0 heterocycles. The van der Waals surface area contributed by atoms with Gasteiger partial charge in [-0.25, -0.2) is 0 Å². The average Bonchev–Trinajstić information content (AvgIpc) is 1.50. The van der Waals surface area contributed by atoms with E-state index in [9.17, 15) is 0 Å². The fraction of sp³-hybridized carbons (Fsp3) is 1.00. The van der Waals surface area contributed by atoms with Gasteiger partial charge >= 0.3 is 0 Å². The topological polar surface area (TPSA) is 0 Å². The van der Waals surface area contributed by atoms with Crippen LogP contribution in [-0.4, -0.2) is 19.8 Å². The second-order valence-electron chi connectivity index (χ2n) is 0. The van der Waals surface area contributed by atoms with Crippen molar-refractivity contribution in [2.24, 2.45) is 0 Å². The third kappa shape index (κ3) is 15.5. The molecule has 0 bridgehead atoms. The highest BCUT2D eigenvalue weighted by atomic mass is 35.6. The van der Waals surface area contributed by atoms with Crippen molar-refractivity contribution in [2.45, 2.75) is 6.55 Å². The first-order valence-corrected chi connectivity index (χ1v) is 6.40. The lowest BCUT2D eigenvalue weighted by Crippen LogP contribution is -1.13. The summed E-state index contributed by atoms with van der Waals surface area (Å²) in [6.45, 7) is 2.14. The van der Waals surface area contributed by atoms with Gasteiger partial charge in [0.25, 0.3) is 0 Å². The summed E-state index contributed by atoms with van der Waals surface area (Å²) >= 11 is 4.78. The molecule has 28 valence electrons. The summed E-state index contributed by atoms with van der Waals surface area (Å²) in [6.07, 6.45) is 0. The number of halogens is 1. The van der Waals surface area contributed by atoms with E-state index in [4.69, 9.17) is 11.1 Å². The molecule has 0 aromatic heterocycles. The van der Waals surface area contributed by atoms with Gasteiger partial charge in [-0.15, -0.1) is 0 Å². The van der Waals surface area contributed by atoms with Crippen LogP contribution in [-0.2, 0) is 0 Å². The van der Waals surface area contributed by atoms with Crippen LogP contribution in [0.3, 0.4) is 0 Å². The van der Waals surface area contributed by atoms with Gasteiger partial charge in [-0.2, -0.15) is 11.1 Å². The van der Waals surface area contributed by atoms with E-state index in [1.807, 2.05) is 0 Å². The third-order valence-electron chi connectivity index (χ3n) is 0. The van der Waals surface area contributed by atoms with E-state index in [0.717, 1.165) is 9.55 Å². The van der Waals surface area contributed by atoms with Crippen molar-refractivity contribution >= 4 is 30.9 Å². The monoisotopic (exact) mass is 112 g/mol. The maximum atomic E-state index is 4.78. The second kappa shape index (κ2) is 52.7. The van der Waals surface area contributed by atoms with Crippen LogP contribution in [0.4, 0.5) is 0 Å². The molecule has 0 unspecified atom stereocenters. The van der Waals surface area contributed by atoms with E-state index in [1.54, 1.807) is 0 Å². The molecule has 0 amide bonds. The molecule has 0 rings (SSSR count). The molecule has 0 fully saturated rings. The molecule has 0 aliphatic rings. The van der Waals surface area contributed by atoms with Crippen LogP contribution in [0.15, 0.2) is 0 Å². The molecule has 0 saturated heterocycles. The average molecular weight is 113 g/mol. The lowest BCUT2D eigenvalue weighted by molar-refractivity contribution is 2.40. The van der Waals surface area contributed by atoms with Crippen LogP contribution in [0.5, 0.6) is 0 Å². The highest BCUT2D eigenvalue weighted by Gasteiger charge is 0.975. The molecule has 0 aromatic carbocycles. The van der Waals surface area contributed by atoms with Crippen LogP contribution in [0.25, 0.3) is 0 Å². The molecule has 0 aromatic rings. The Balaban J connectivity index is 0. The molecule has 0 atom stereocenters. The zero-order valence-corrected chi connectivity index (χ0v) is 8.13. The third-order valence-corrected chi connectivity index (χ3v) is 0. The van der Waals surface area contributed by atoms with Crippen molar-refractivity contribution in [2.75, 3.05) is 0 Å². The summed E-state index contributed by atoms with van der Waals surface area (Å²) in [5, 5.41) is 0. The van der Waals surface area contributed by atoms with Crippen LogP contribution >= 0.6 is 11.1 Å². The van der Waals surface area contributed by atoms with Crippen molar-refractivity contribution in [1.29, 1.82) is 0 Å². The summed E-state index contributed by atoms with van der Waals surface area (Å²) in [4.78, 5) is 0. The smallest absolute Gasteiger partial charge is 0.109 e. The predicted molar refractivity (Wildman–Crippen MR) is 31.6 cm³/mol. The van der Waals surface area contributed by atoms with Crippen molar-refractivity contribution in [3.8, 4) is 0 Å². The Hall–Kier alpha value is 0.724. The van der Waals surface area contributed by atoms with Crippen molar-refractivity contribution in [1.82, 2.24) is 0 Å². The van der Waals surface area contributed by atoms with Gasteiger partial charge in [0.1, 0.15) is 9.55 Å². The standard InChI is InChI=1S/CH6Si.ClH3Si/c2*1-2/h1-2H3;2H3. The highest BCUT2D eigenvalue weighted by molar-refractivity contribution is 6.80. The van der Waals surface area contributed by atoms with Gasteiger partial charge in [-0.1, -0.05) is 6.55 Å². The molecule has 0 radical (unpaired) electrons. The normalized spacial score (nSPS) is 4.50. The minimum atomic E-state index is 0.778. The summed E-state index contributed by atoms with van der Waals surface area (Å²) in [5.74, 6) is 0. The highest BCUT2D eigenvalue weighted by Crippen LogP contribution is 1.29. The zero-order valence-electron chi connectivity index (χ0n) is 3.38. The van der Waals surface area contributed by atoms with Gasteiger partial charge in [-0.05, 0) is 10.2 Å². The summed E-state index contributed by atoms with van der Waals surface area (Å²) in [5.41, 5.74) is 0. The molecule has 4 heavy (non-hydrogen) atoms. The predicted octanol–water partition coefficient (Wildman–Crippen LogP) is -1.09. The Labute approximate surface area is 38.1 Å². The number of rotatable bonds is 0. The molecular formula is CH9ClSi2. The van der Waals surface area contributed by atoms with Crippen LogP contribution in [0.1, 0.15) is 0 Å². The minimum Gasteiger partial charge on any atom is -0.181 e. The fourth-order valence-electron chi connectivity index (χ4n) is 0. The molecule has 0 nitrogen and oxygen atoms in total. The molecule has 0 aliphatic carbocycles. The van der Waals surface area contributed by atoms with Crippen molar-refractivity contribution in [3.05, 3.63) is 0 Å². The Morgan fingerprint density at radius 1 is 1.25 bits per heavy atom. The van der Waals surface area contributed by atoms with E-state index in [1.165, 1.54) is 10.2 Å². The Morgan fingerprint density at radius 2 is 1.25 bits per heavy atom. The summed E-state index contributed by atoms with van der Waals surface area (Å²) < 4.78 is 0. The van der Waals surface area contributed by atoms with E-state index >= 15 is 0 Å². The fourth-order valence-corrected chi connectivity index (χ4v) is 0. The van der Waals surface area contributed by atoms with E-state index in [0.29, 0.717) is 0 Å². The Kier molecular flexibility index (Phi) is 116. The lowest BCUT2D eigenvalue weighted by Gasteiger charge is -1.05. The van der Waals surface area contributed by atoms with Crippen LogP contribution in [0.2, 0.25) is 6.55 Å². The zero-order chi connectivity index (χ0) is 4.00. The van der Waals surface area contributed by atoms with Gasteiger partial charge in [-0.3, -0.25) is 0 Å². The molecule has 0 aliphatic heterocycles. The van der Waals surface area contributed by atoms with Gasteiger partial charge in [0, 0.05) is 0 Å². The van der Waals surface area contributed by atoms with E-state index in [-0.39, 0.29) is 0 Å². The lowest BCUT2D eigenvalue weighted by atomic mass is 11.9. The van der Waals surface area contributed by atoms with Gasteiger partial charge < -0.3 is 0 Å². The van der Waals surface area contributed by atoms with Crippen LogP contribution < -0.4 is 0 Å². The van der Waals surface area contributed by atoms with Gasteiger partial charge in [0.05, 0.1) is 0 Å². The van der Waals surface area contributed by atoms with Crippen molar-refractivity contribution < 1.29 is 0 Å². The quantitative estimate of drug-likeness (QED) is 0.276. The van der Waals surface area contributed by atoms with E-state index in [2.05, 4.69) is 6.55 Å². The minimum absolute atomic E-state index is 0.778. The number of hydrogen-bond donors (Lipinski definition) is 0. The largest absolute Gasteiger partial charge is 0.181 e. The maximum absolute atomic E-state index is 4.78. The summed E-state index contributed by atoms with van der Waals surface area (Å²) in [7, 11) is 2.08. The summed E-state index contributed by atoms with van der Waals surface area (Å²) in [6, 6.07) is 0. The molecule has 3 heteroatoms. The SMILES string of the molecule is C[SiH3].[SiH3]Cl.